The second-order valence-corrected chi connectivity index (χ2v) is 6.33. The maximum Gasteiger partial charge on any atom is 0.341 e. The second-order valence-electron chi connectivity index (χ2n) is 6.33. The number of fused-ring (bicyclic) bond motifs is 1. The number of carbonyl (C=O) groups is 1. The highest BCUT2D eigenvalue weighted by molar-refractivity contribution is 5.96. The van der Waals surface area contributed by atoms with Crippen molar-refractivity contribution >= 4 is 5.97 Å². The maximum absolute atomic E-state index is 13.1. The highest BCUT2D eigenvalue weighted by atomic mass is 16.5. The topological polar surface area (TPSA) is 106 Å². The SMILES string of the molecule is COC(=O)c1cn(-n2c(C)nnc2C)cc2c(=O)n(-c3ccc(OC)cc3)nc1-2. The van der Waals surface area contributed by atoms with Gasteiger partial charge in [0.15, 0.2) is 0 Å². The van der Waals surface area contributed by atoms with Crippen LogP contribution in [0.3, 0.4) is 0 Å². The van der Waals surface area contributed by atoms with Gasteiger partial charge in [-0.2, -0.15) is 9.78 Å². The molecule has 2 aromatic rings. The van der Waals surface area contributed by atoms with Crippen molar-refractivity contribution in [1.29, 1.82) is 0 Å². The Kier molecular flexibility index (Phi) is 4.38. The average molecular weight is 394 g/mol. The molecule has 0 bridgehead atoms. The first-order valence-electron chi connectivity index (χ1n) is 8.71. The van der Waals surface area contributed by atoms with Crippen molar-refractivity contribution in [2.45, 2.75) is 13.8 Å². The Balaban J connectivity index is 1.99. The third-order valence-corrected chi connectivity index (χ3v) is 4.56. The lowest BCUT2D eigenvalue weighted by Gasteiger charge is -2.14. The predicted molar refractivity (Wildman–Crippen MR) is 103 cm³/mol. The van der Waals surface area contributed by atoms with Gasteiger partial charge in [-0.15, -0.1) is 10.2 Å². The molecule has 2 aliphatic heterocycles. The van der Waals surface area contributed by atoms with Gasteiger partial charge in [0.25, 0.3) is 5.56 Å². The third kappa shape index (κ3) is 2.94. The molecule has 0 saturated heterocycles. The Labute approximate surface area is 165 Å². The molecule has 2 aliphatic rings. The Hall–Kier alpha value is -3.95. The first kappa shape index (κ1) is 18.4. The summed E-state index contributed by atoms with van der Waals surface area (Å²) in [5.41, 5.74) is 0.842. The lowest BCUT2D eigenvalue weighted by Crippen LogP contribution is -2.19. The van der Waals surface area contributed by atoms with Gasteiger partial charge in [0.05, 0.1) is 25.5 Å². The highest BCUT2D eigenvalue weighted by Gasteiger charge is 2.26. The van der Waals surface area contributed by atoms with E-state index in [4.69, 9.17) is 9.47 Å². The van der Waals surface area contributed by atoms with Gasteiger partial charge in [-0.05, 0) is 38.1 Å². The van der Waals surface area contributed by atoms with E-state index in [2.05, 4.69) is 15.3 Å². The van der Waals surface area contributed by atoms with Crippen molar-refractivity contribution in [3.63, 3.8) is 0 Å². The van der Waals surface area contributed by atoms with Crippen molar-refractivity contribution in [2.75, 3.05) is 14.2 Å². The number of methoxy groups -OCH3 is 2. The molecule has 0 unspecified atom stereocenters. The number of hydrogen-bond donors (Lipinski definition) is 0. The summed E-state index contributed by atoms with van der Waals surface area (Å²) < 4.78 is 14.6. The van der Waals surface area contributed by atoms with Crippen LogP contribution in [0.5, 0.6) is 5.75 Å². The van der Waals surface area contributed by atoms with Crippen LogP contribution in [-0.4, -0.2) is 49.5 Å². The maximum atomic E-state index is 13.1. The fraction of sp³-hybridized carbons (Fsp3) is 0.211. The Morgan fingerprint density at radius 1 is 1.00 bits per heavy atom. The molecule has 1 aromatic carbocycles. The van der Waals surface area contributed by atoms with Gasteiger partial charge in [0.1, 0.15) is 28.7 Å². The lowest BCUT2D eigenvalue weighted by molar-refractivity contribution is 0.0600. The Morgan fingerprint density at radius 2 is 1.66 bits per heavy atom. The predicted octanol–water partition coefficient (Wildman–Crippen LogP) is 1.45. The number of esters is 1. The lowest BCUT2D eigenvalue weighted by atomic mass is 10.1. The fourth-order valence-electron chi connectivity index (χ4n) is 3.16. The molecular formula is C19H18N6O4. The zero-order chi connectivity index (χ0) is 20.7. The van der Waals surface area contributed by atoms with Crippen molar-refractivity contribution in [1.82, 2.24) is 29.3 Å². The van der Waals surface area contributed by atoms with Crippen molar-refractivity contribution in [3.8, 4) is 22.7 Å². The monoisotopic (exact) mass is 394 g/mol. The molecule has 0 spiro atoms. The summed E-state index contributed by atoms with van der Waals surface area (Å²) >= 11 is 0. The van der Waals surface area contributed by atoms with E-state index in [1.807, 2.05) is 0 Å². The molecular weight excluding hydrogens is 376 g/mol. The van der Waals surface area contributed by atoms with Gasteiger partial charge in [-0.1, -0.05) is 0 Å². The minimum Gasteiger partial charge on any atom is -0.497 e. The zero-order valence-electron chi connectivity index (χ0n) is 16.3. The summed E-state index contributed by atoms with van der Waals surface area (Å²) in [7, 11) is 2.84. The van der Waals surface area contributed by atoms with Crippen LogP contribution in [0.1, 0.15) is 22.0 Å². The quantitative estimate of drug-likeness (QED) is 0.482. The molecule has 4 rings (SSSR count). The van der Waals surface area contributed by atoms with Crippen LogP contribution < -0.4 is 10.3 Å². The minimum atomic E-state index is -0.605. The molecule has 0 fully saturated rings. The van der Waals surface area contributed by atoms with E-state index in [9.17, 15) is 9.59 Å². The second kappa shape index (κ2) is 6.89. The van der Waals surface area contributed by atoms with Crippen LogP contribution in [-0.2, 0) is 4.74 Å². The molecule has 0 radical (unpaired) electrons. The number of hydrogen-bond acceptors (Lipinski definition) is 7. The van der Waals surface area contributed by atoms with Crippen molar-refractivity contribution in [2.24, 2.45) is 0 Å². The summed E-state index contributed by atoms with van der Waals surface area (Å²) in [6, 6.07) is 6.89. The van der Waals surface area contributed by atoms with E-state index < -0.39 is 5.97 Å². The van der Waals surface area contributed by atoms with Crippen LogP contribution in [0, 0.1) is 13.8 Å². The number of benzene rings is 1. The first-order chi connectivity index (χ1) is 13.9. The number of aromatic nitrogens is 6. The average Bonchev–Trinajstić information content (AvgIpc) is 3.25. The number of aryl methyl sites for hydroxylation is 2. The van der Waals surface area contributed by atoms with Gasteiger partial charge < -0.3 is 9.47 Å². The molecule has 148 valence electrons. The summed E-state index contributed by atoms with van der Waals surface area (Å²) in [4.78, 5) is 25.5. The molecule has 1 aromatic heterocycles. The van der Waals surface area contributed by atoms with Gasteiger partial charge in [-0.3, -0.25) is 9.47 Å². The molecule has 0 aliphatic carbocycles. The fourth-order valence-corrected chi connectivity index (χ4v) is 3.16. The van der Waals surface area contributed by atoms with E-state index in [-0.39, 0.29) is 22.4 Å². The summed E-state index contributed by atoms with van der Waals surface area (Å²) in [5.74, 6) is 1.24. The summed E-state index contributed by atoms with van der Waals surface area (Å²) in [6.45, 7) is 3.54. The number of rotatable bonds is 4. The van der Waals surface area contributed by atoms with E-state index in [1.54, 1.807) is 67.0 Å². The smallest absolute Gasteiger partial charge is 0.341 e. The third-order valence-electron chi connectivity index (χ3n) is 4.56. The van der Waals surface area contributed by atoms with Crippen LogP contribution in [0.15, 0.2) is 41.5 Å². The van der Waals surface area contributed by atoms with E-state index in [0.29, 0.717) is 23.1 Å². The Morgan fingerprint density at radius 3 is 2.24 bits per heavy atom. The number of pyridine rings is 1. The van der Waals surface area contributed by atoms with E-state index >= 15 is 0 Å². The molecule has 10 heteroatoms. The molecule has 0 saturated carbocycles. The number of nitrogens with zero attached hydrogens (tertiary/aromatic N) is 6. The van der Waals surface area contributed by atoms with E-state index in [1.165, 1.54) is 11.8 Å². The largest absolute Gasteiger partial charge is 0.497 e. The first-order valence-corrected chi connectivity index (χ1v) is 8.71. The molecule has 29 heavy (non-hydrogen) atoms. The molecule has 3 heterocycles. The zero-order valence-corrected chi connectivity index (χ0v) is 16.3. The van der Waals surface area contributed by atoms with Gasteiger partial charge in [-0.25, -0.2) is 9.47 Å². The normalized spacial score (nSPS) is 11.0. The summed E-state index contributed by atoms with van der Waals surface area (Å²) in [6.07, 6.45) is 3.14. The van der Waals surface area contributed by atoms with Crippen LogP contribution >= 0.6 is 0 Å². The van der Waals surface area contributed by atoms with Gasteiger partial charge in [0, 0.05) is 12.4 Å². The molecule has 0 atom stereocenters. The molecule has 0 N–H and O–H groups in total. The number of carbonyl (C=O) groups excluding carboxylic acids is 1. The van der Waals surface area contributed by atoms with Gasteiger partial charge >= 0.3 is 5.97 Å². The van der Waals surface area contributed by atoms with E-state index in [0.717, 1.165) is 0 Å². The number of ether oxygens (including phenoxy) is 2. The molecule has 10 nitrogen and oxygen atoms in total. The minimum absolute atomic E-state index is 0.155. The summed E-state index contributed by atoms with van der Waals surface area (Å²) in [5, 5.41) is 12.4. The van der Waals surface area contributed by atoms with Crippen molar-refractivity contribution in [3.05, 3.63) is 64.2 Å². The molecule has 0 amide bonds. The Bertz CT molecular complexity index is 1220. The van der Waals surface area contributed by atoms with Crippen LogP contribution in [0.2, 0.25) is 0 Å². The van der Waals surface area contributed by atoms with Gasteiger partial charge in [0.2, 0.25) is 0 Å². The highest BCUT2D eigenvalue weighted by Crippen LogP contribution is 2.24. The van der Waals surface area contributed by atoms with Crippen LogP contribution in [0.25, 0.3) is 16.9 Å². The van der Waals surface area contributed by atoms with Crippen molar-refractivity contribution < 1.29 is 14.3 Å². The van der Waals surface area contributed by atoms with Crippen LogP contribution in [0.4, 0.5) is 0 Å². The standard InChI is InChI=1S/C19H18N6O4/c1-11-20-21-12(2)25(11)23-9-15-17(16(10-23)19(27)29-4)22-24(18(15)26)13-5-7-14(28-3)8-6-13/h5-10H,1-4H3.